The maximum absolute atomic E-state index is 13.7. The van der Waals surface area contributed by atoms with Gasteiger partial charge in [-0.25, -0.2) is 4.79 Å². The fourth-order valence-electron chi connectivity index (χ4n) is 4.05. The SMILES string of the molecule is COC[C@H]1Cc2ccccc2CN1C(=O)C(CCc1ccccc1)NC(=O)OC(C)(C)C. The summed E-state index contributed by atoms with van der Waals surface area (Å²) in [4.78, 5) is 28.1. The Bertz CT molecular complexity index is 908. The minimum absolute atomic E-state index is 0.0814. The zero-order valence-electron chi connectivity index (χ0n) is 19.5. The summed E-state index contributed by atoms with van der Waals surface area (Å²) in [5.74, 6) is -0.108. The van der Waals surface area contributed by atoms with Crippen LogP contribution in [0.15, 0.2) is 54.6 Å². The van der Waals surface area contributed by atoms with Crippen molar-refractivity contribution in [1.29, 1.82) is 0 Å². The van der Waals surface area contributed by atoms with Gasteiger partial charge in [-0.05, 0) is 56.7 Å². The van der Waals surface area contributed by atoms with E-state index in [1.165, 1.54) is 5.56 Å². The van der Waals surface area contributed by atoms with E-state index in [0.717, 1.165) is 17.5 Å². The van der Waals surface area contributed by atoms with Gasteiger partial charge in [0.25, 0.3) is 0 Å². The number of hydrogen-bond donors (Lipinski definition) is 1. The Hall–Kier alpha value is -2.86. The lowest BCUT2D eigenvalue weighted by molar-refractivity contribution is -0.138. The van der Waals surface area contributed by atoms with E-state index in [9.17, 15) is 9.59 Å². The van der Waals surface area contributed by atoms with Crippen molar-refractivity contribution in [2.45, 2.75) is 64.3 Å². The Morgan fingerprint density at radius 3 is 2.38 bits per heavy atom. The first-order valence-electron chi connectivity index (χ1n) is 11.2. The highest BCUT2D eigenvalue weighted by Gasteiger charge is 2.34. The molecule has 32 heavy (non-hydrogen) atoms. The number of nitrogens with zero attached hydrogens (tertiary/aromatic N) is 1. The molecule has 1 aliphatic rings. The summed E-state index contributed by atoms with van der Waals surface area (Å²) in [5, 5.41) is 2.83. The highest BCUT2D eigenvalue weighted by molar-refractivity contribution is 5.86. The van der Waals surface area contributed by atoms with E-state index in [-0.39, 0.29) is 11.9 Å². The number of aryl methyl sites for hydroxylation is 1. The second-order valence-electron chi connectivity index (χ2n) is 9.27. The molecule has 0 saturated carbocycles. The number of fused-ring (bicyclic) bond motifs is 1. The first-order valence-corrected chi connectivity index (χ1v) is 11.2. The molecule has 1 unspecified atom stereocenters. The van der Waals surface area contributed by atoms with Gasteiger partial charge >= 0.3 is 6.09 Å². The molecule has 3 rings (SSSR count). The molecule has 2 amide bonds. The van der Waals surface area contributed by atoms with Crippen LogP contribution < -0.4 is 5.32 Å². The van der Waals surface area contributed by atoms with E-state index in [0.29, 0.717) is 26.0 Å². The molecule has 1 aliphatic heterocycles. The van der Waals surface area contributed by atoms with Crippen molar-refractivity contribution < 1.29 is 19.1 Å². The molecule has 6 heteroatoms. The van der Waals surface area contributed by atoms with Crippen molar-refractivity contribution in [2.75, 3.05) is 13.7 Å². The predicted octanol–water partition coefficient (Wildman–Crippen LogP) is 4.11. The Kier molecular flexibility index (Phi) is 7.91. The van der Waals surface area contributed by atoms with Gasteiger partial charge in [-0.15, -0.1) is 0 Å². The van der Waals surface area contributed by atoms with Crippen molar-refractivity contribution in [3.63, 3.8) is 0 Å². The van der Waals surface area contributed by atoms with Crippen LogP contribution in [0.1, 0.15) is 43.9 Å². The summed E-state index contributed by atoms with van der Waals surface area (Å²) in [6.45, 7) is 6.37. The third-order valence-corrected chi connectivity index (χ3v) is 5.55. The molecular formula is C26H34N2O4. The fraction of sp³-hybridized carbons (Fsp3) is 0.462. The first-order chi connectivity index (χ1) is 15.3. The van der Waals surface area contributed by atoms with Crippen LogP contribution in [0.2, 0.25) is 0 Å². The van der Waals surface area contributed by atoms with E-state index < -0.39 is 17.7 Å². The Morgan fingerprint density at radius 2 is 1.72 bits per heavy atom. The quantitative estimate of drug-likeness (QED) is 0.706. The van der Waals surface area contributed by atoms with Crippen LogP contribution in [-0.2, 0) is 33.7 Å². The van der Waals surface area contributed by atoms with Crippen molar-refractivity contribution in [3.05, 3.63) is 71.3 Å². The smallest absolute Gasteiger partial charge is 0.408 e. The van der Waals surface area contributed by atoms with Gasteiger partial charge in [0.1, 0.15) is 11.6 Å². The average Bonchev–Trinajstić information content (AvgIpc) is 2.75. The zero-order valence-corrected chi connectivity index (χ0v) is 19.5. The van der Waals surface area contributed by atoms with Crippen molar-refractivity contribution in [2.24, 2.45) is 0 Å². The second kappa shape index (κ2) is 10.6. The van der Waals surface area contributed by atoms with Gasteiger partial charge in [-0.3, -0.25) is 4.79 Å². The predicted molar refractivity (Wildman–Crippen MR) is 124 cm³/mol. The van der Waals surface area contributed by atoms with Crippen LogP contribution in [0.5, 0.6) is 0 Å². The third kappa shape index (κ3) is 6.57. The van der Waals surface area contributed by atoms with Crippen LogP contribution in [0.25, 0.3) is 0 Å². The molecule has 2 aromatic rings. The number of hydrogen-bond acceptors (Lipinski definition) is 4. The minimum Gasteiger partial charge on any atom is -0.444 e. The Balaban J connectivity index is 1.80. The topological polar surface area (TPSA) is 67.9 Å². The van der Waals surface area contributed by atoms with E-state index >= 15 is 0 Å². The van der Waals surface area contributed by atoms with Gasteiger partial charge in [0.2, 0.25) is 5.91 Å². The number of amides is 2. The molecule has 0 saturated heterocycles. The molecule has 2 atom stereocenters. The Morgan fingerprint density at radius 1 is 1.06 bits per heavy atom. The zero-order chi connectivity index (χ0) is 23.1. The molecule has 0 fully saturated rings. The molecule has 0 aliphatic carbocycles. The van der Waals surface area contributed by atoms with E-state index in [2.05, 4.69) is 17.4 Å². The summed E-state index contributed by atoms with van der Waals surface area (Å²) in [7, 11) is 1.65. The summed E-state index contributed by atoms with van der Waals surface area (Å²) < 4.78 is 10.9. The first kappa shape index (κ1) is 23.8. The molecule has 2 aromatic carbocycles. The lowest BCUT2D eigenvalue weighted by Crippen LogP contribution is -2.55. The maximum atomic E-state index is 13.7. The number of methoxy groups -OCH3 is 1. The van der Waals surface area contributed by atoms with Gasteiger partial charge in [0.05, 0.1) is 12.6 Å². The lowest BCUT2D eigenvalue weighted by Gasteiger charge is -2.38. The van der Waals surface area contributed by atoms with Gasteiger partial charge in [-0.1, -0.05) is 54.6 Å². The number of nitrogens with one attached hydrogen (secondary N) is 1. The minimum atomic E-state index is -0.685. The van der Waals surface area contributed by atoms with E-state index in [4.69, 9.17) is 9.47 Å². The molecule has 0 aromatic heterocycles. The number of rotatable bonds is 7. The number of carbonyl (C=O) groups is 2. The van der Waals surface area contributed by atoms with Crippen molar-refractivity contribution in [1.82, 2.24) is 10.2 Å². The maximum Gasteiger partial charge on any atom is 0.408 e. The average molecular weight is 439 g/mol. The molecule has 172 valence electrons. The number of alkyl carbamates (subject to hydrolysis) is 1. The number of carbonyl (C=O) groups excluding carboxylic acids is 2. The molecular weight excluding hydrogens is 404 g/mol. The summed E-state index contributed by atoms with van der Waals surface area (Å²) in [5.41, 5.74) is 2.85. The molecule has 0 spiro atoms. The molecule has 1 heterocycles. The van der Waals surface area contributed by atoms with Crippen molar-refractivity contribution >= 4 is 12.0 Å². The van der Waals surface area contributed by atoms with Crippen LogP contribution in [-0.4, -0.2) is 48.3 Å². The van der Waals surface area contributed by atoms with E-state index in [1.54, 1.807) is 7.11 Å². The normalized spacial score (nSPS) is 16.8. The highest BCUT2D eigenvalue weighted by atomic mass is 16.6. The summed E-state index contributed by atoms with van der Waals surface area (Å²) >= 11 is 0. The van der Waals surface area contributed by atoms with Gasteiger partial charge in [-0.2, -0.15) is 0 Å². The molecule has 0 radical (unpaired) electrons. The summed E-state index contributed by atoms with van der Waals surface area (Å²) in [6.07, 6.45) is 1.31. The largest absolute Gasteiger partial charge is 0.444 e. The van der Waals surface area contributed by atoms with E-state index in [1.807, 2.05) is 68.1 Å². The lowest BCUT2D eigenvalue weighted by atomic mass is 9.93. The molecule has 0 bridgehead atoms. The second-order valence-corrected chi connectivity index (χ2v) is 9.27. The van der Waals surface area contributed by atoms with Gasteiger partial charge < -0.3 is 19.7 Å². The third-order valence-electron chi connectivity index (χ3n) is 5.55. The monoisotopic (exact) mass is 438 g/mol. The molecule has 1 N–H and O–H groups in total. The fourth-order valence-corrected chi connectivity index (χ4v) is 4.05. The van der Waals surface area contributed by atoms with Gasteiger partial charge in [0.15, 0.2) is 0 Å². The summed E-state index contributed by atoms with van der Waals surface area (Å²) in [6, 6.07) is 17.4. The Labute approximate surface area is 190 Å². The van der Waals surface area contributed by atoms with Gasteiger partial charge in [0, 0.05) is 13.7 Å². The number of ether oxygens (including phenoxy) is 2. The van der Waals surface area contributed by atoms with Crippen LogP contribution in [0, 0.1) is 0 Å². The molecule has 6 nitrogen and oxygen atoms in total. The van der Waals surface area contributed by atoms with Crippen LogP contribution in [0.4, 0.5) is 4.79 Å². The van der Waals surface area contributed by atoms with Crippen molar-refractivity contribution in [3.8, 4) is 0 Å². The van der Waals surface area contributed by atoms with Crippen LogP contribution >= 0.6 is 0 Å². The standard InChI is InChI=1S/C26H34N2O4/c1-26(2,3)32-25(30)27-23(15-14-19-10-6-5-7-11-19)24(29)28-17-21-13-9-8-12-20(21)16-22(28)18-31-4/h5-13,22-23H,14-18H2,1-4H3,(H,27,30)/t22-,23?/m1/s1. The van der Waals surface area contributed by atoms with Crippen LogP contribution in [0.3, 0.4) is 0 Å². The highest BCUT2D eigenvalue weighted by Crippen LogP contribution is 2.25. The number of benzene rings is 2.